The fourth-order valence-corrected chi connectivity index (χ4v) is 2.71. The van der Waals surface area contributed by atoms with Crippen molar-refractivity contribution in [2.45, 2.75) is 26.5 Å². The van der Waals surface area contributed by atoms with Crippen LogP contribution in [0.25, 0.3) is 0 Å². The number of alkyl halides is 1. The molecule has 0 aliphatic heterocycles. The number of hydrogen-bond donors (Lipinski definition) is 0. The van der Waals surface area contributed by atoms with Crippen LogP contribution in [-0.2, 0) is 5.75 Å². The Morgan fingerprint density at radius 3 is 2.71 bits per heavy atom. The van der Waals surface area contributed by atoms with Crippen molar-refractivity contribution in [3.05, 3.63) is 23.7 Å². The zero-order valence-corrected chi connectivity index (χ0v) is 11.4. The van der Waals surface area contributed by atoms with Gasteiger partial charge in [-0.25, -0.2) is 0 Å². The summed E-state index contributed by atoms with van der Waals surface area (Å²) in [5, 5.41) is 1.05. The Kier molecular flexibility index (Phi) is 4.58. The third kappa shape index (κ3) is 3.70. The number of furan rings is 1. The molecule has 0 aliphatic rings. The van der Waals surface area contributed by atoms with Crippen LogP contribution in [-0.4, -0.2) is 11.1 Å². The van der Waals surface area contributed by atoms with Crippen molar-refractivity contribution in [2.24, 2.45) is 5.41 Å². The predicted molar refractivity (Wildman–Crippen MR) is 67.2 cm³/mol. The second kappa shape index (κ2) is 5.26. The first-order valence-electron chi connectivity index (χ1n) is 4.72. The van der Waals surface area contributed by atoms with Crippen molar-refractivity contribution in [3.8, 4) is 0 Å². The van der Waals surface area contributed by atoms with Crippen molar-refractivity contribution in [1.82, 2.24) is 0 Å². The van der Waals surface area contributed by atoms with Gasteiger partial charge >= 0.3 is 0 Å². The summed E-state index contributed by atoms with van der Waals surface area (Å²) >= 11 is 5.46. The van der Waals surface area contributed by atoms with E-state index in [2.05, 4.69) is 36.7 Å². The molecule has 1 nitrogen and oxygen atoms in total. The molecule has 0 atom stereocenters. The molecule has 0 saturated carbocycles. The standard InChI is InChI=1S/C11H17BrOS/c1-9-4-5-13-10(9)6-14-8-11(2,3)7-12/h4-5H,6-8H2,1-3H3. The predicted octanol–water partition coefficient (Wildman–Crippen LogP) is 4.24. The van der Waals surface area contributed by atoms with Gasteiger partial charge in [0.1, 0.15) is 5.76 Å². The average molecular weight is 277 g/mol. The van der Waals surface area contributed by atoms with Crippen LogP contribution in [0.15, 0.2) is 16.7 Å². The van der Waals surface area contributed by atoms with E-state index in [9.17, 15) is 0 Å². The van der Waals surface area contributed by atoms with Gasteiger partial charge in [0, 0.05) is 5.33 Å². The third-order valence-electron chi connectivity index (χ3n) is 2.06. The molecular formula is C11H17BrOS. The van der Waals surface area contributed by atoms with Crippen molar-refractivity contribution < 1.29 is 4.42 Å². The second-order valence-electron chi connectivity index (χ2n) is 4.32. The lowest BCUT2D eigenvalue weighted by atomic mass is 10.0. The summed E-state index contributed by atoms with van der Waals surface area (Å²) in [5.74, 6) is 3.24. The lowest BCUT2D eigenvalue weighted by Gasteiger charge is -2.20. The van der Waals surface area contributed by atoms with E-state index >= 15 is 0 Å². The molecule has 0 fully saturated rings. The minimum absolute atomic E-state index is 0.366. The van der Waals surface area contributed by atoms with Crippen LogP contribution >= 0.6 is 27.7 Å². The van der Waals surface area contributed by atoms with Gasteiger partial charge in [-0.3, -0.25) is 0 Å². The zero-order valence-electron chi connectivity index (χ0n) is 8.97. The molecule has 0 spiro atoms. The van der Waals surface area contributed by atoms with Crippen molar-refractivity contribution in [3.63, 3.8) is 0 Å². The van der Waals surface area contributed by atoms with Gasteiger partial charge in [-0.05, 0) is 29.7 Å². The number of aryl methyl sites for hydroxylation is 1. The van der Waals surface area contributed by atoms with Crippen LogP contribution in [0, 0.1) is 12.3 Å². The Bertz CT molecular complexity index is 281. The molecule has 3 heteroatoms. The SMILES string of the molecule is Cc1ccoc1CSCC(C)(C)CBr. The van der Waals surface area contributed by atoms with Crippen LogP contribution in [0.5, 0.6) is 0 Å². The molecule has 80 valence electrons. The molecule has 0 aromatic carbocycles. The minimum atomic E-state index is 0.366. The number of thioether (sulfide) groups is 1. The van der Waals surface area contributed by atoms with E-state index in [-0.39, 0.29) is 0 Å². The summed E-state index contributed by atoms with van der Waals surface area (Å²) in [7, 11) is 0. The molecular weight excluding hydrogens is 260 g/mol. The highest BCUT2D eigenvalue weighted by atomic mass is 79.9. The molecule has 1 heterocycles. The van der Waals surface area contributed by atoms with Gasteiger partial charge in [0.05, 0.1) is 12.0 Å². The normalized spacial score (nSPS) is 12.0. The summed E-state index contributed by atoms with van der Waals surface area (Å²) in [5.41, 5.74) is 1.62. The lowest BCUT2D eigenvalue weighted by molar-refractivity contribution is 0.494. The molecule has 0 unspecified atom stereocenters. The van der Waals surface area contributed by atoms with Gasteiger partial charge in [-0.2, -0.15) is 11.8 Å². The van der Waals surface area contributed by atoms with E-state index in [1.165, 1.54) is 5.56 Å². The Morgan fingerprint density at radius 1 is 1.50 bits per heavy atom. The quantitative estimate of drug-likeness (QED) is 0.747. The summed E-state index contributed by atoms with van der Waals surface area (Å²) in [4.78, 5) is 0. The molecule has 14 heavy (non-hydrogen) atoms. The second-order valence-corrected chi connectivity index (χ2v) is 5.86. The molecule has 0 saturated heterocycles. The van der Waals surface area contributed by atoms with Crippen LogP contribution in [0.4, 0.5) is 0 Å². The third-order valence-corrected chi connectivity index (χ3v) is 5.03. The van der Waals surface area contributed by atoms with E-state index in [4.69, 9.17) is 4.42 Å². The van der Waals surface area contributed by atoms with Crippen LogP contribution in [0.3, 0.4) is 0 Å². The first kappa shape index (κ1) is 12.2. The highest BCUT2D eigenvalue weighted by Gasteiger charge is 2.16. The van der Waals surface area contributed by atoms with E-state index in [1.807, 2.05) is 17.8 Å². The highest BCUT2D eigenvalue weighted by molar-refractivity contribution is 9.09. The van der Waals surface area contributed by atoms with Crippen LogP contribution < -0.4 is 0 Å². The van der Waals surface area contributed by atoms with Gasteiger partial charge in [0.2, 0.25) is 0 Å². The number of hydrogen-bond acceptors (Lipinski definition) is 2. The summed E-state index contributed by atoms with van der Waals surface area (Å²) in [6, 6.07) is 2.02. The fraction of sp³-hybridized carbons (Fsp3) is 0.636. The highest BCUT2D eigenvalue weighted by Crippen LogP contribution is 2.27. The molecule has 0 bridgehead atoms. The largest absolute Gasteiger partial charge is 0.468 e. The maximum atomic E-state index is 5.38. The van der Waals surface area contributed by atoms with E-state index in [1.54, 1.807) is 6.26 Å². The lowest BCUT2D eigenvalue weighted by Crippen LogP contribution is -2.16. The van der Waals surface area contributed by atoms with Gasteiger partial charge in [0.15, 0.2) is 0 Å². The van der Waals surface area contributed by atoms with E-state index < -0.39 is 0 Å². The van der Waals surface area contributed by atoms with E-state index in [0.29, 0.717) is 5.41 Å². The smallest absolute Gasteiger partial charge is 0.116 e. The average Bonchev–Trinajstić information content (AvgIpc) is 2.52. The van der Waals surface area contributed by atoms with E-state index in [0.717, 1.165) is 22.6 Å². The Balaban J connectivity index is 2.32. The van der Waals surface area contributed by atoms with Gasteiger partial charge < -0.3 is 4.42 Å². The Labute approximate surface area is 98.8 Å². The summed E-state index contributed by atoms with van der Waals surface area (Å²) in [6.45, 7) is 6.63. The minimum Gasteiger partial charge on any atom is -0.468 e. The van der Waals surface area contributed by atoms with Gasteiger partial charge in [-0.1, -0.05) is 29.8 Å². The van der Waals surface area contributed by atoms with Crippen molar-refractivity contribution in [1.29, 1.82) is 0 Å². The molecule has 0 amide bonds. The first-order chi connectivity index (χ1) is 6.55. The zero-order chi connectivity index (χ0) is 10.6. The topological polar surface area (TPSA) is 13.1 Å². The van der Waals surface area contributed by atoms with Crippen molar-refractivity contribution in [2.75, 3.05) is 11.1 Å². The molecule has 1 aromatic heterocycles. The Morgan fingerprint density at radius 2 is 2.21 bits per heavy atom. The molecule has 0 radical (unpaired) electrons. The first-order valence-corrected chi connectivity index (χ1v) is 6.99. The number of rotatable bonds is 5. The van der Waals surface area contributed by atoms with Crippen molar-refractivity contribution >= 4 is 27.7 Å². The summed E-state index contributed by atoms with van der Waals surface area (Å²) in [6.07, 6.45) is 1.76. The maximum absolute atomic E-state index is 5.38. The Hall–Kier alpha value is 0.110. The van der Waals surface area contributed by atoms with Crippen LogP contribution in [0.1, 0.15) is 25.2 Å². The monoisotopic (exact) mass is 276 g/mol. The summed E-state index contributed by atoms with van der Waals surface area (Å²) < 4.78 is 5.38. The van der Waals surface area contributed by atoms with Gasteiger partial charge in [0.25, 0.3) is 0 Å². The number of halogens is 1. The van der Waals surface area contributed by atoms with Crippen LogP contribution in [0.2, 0.25) is 0 Å². The fourth-order valence-electron chi connectivity index (χ4n) is 1.01. The van der Waals surface area contributed by atoms with Gasteiger partial charge in [-0.15, -0.1) is 0 Å². The maximum Gasteiger partial charge on any atom is 0.116 e. The molecule has 1 rings (SSSR count). The molecule has 0 aliphatic carbocycles. The molecule has 0 N–H and O–H groups in total. The molecule has 1 aromatic rings.